The van der Waals surface area contributed by atoms with Crippen molar-refractivity contribution in [3.05, 3.63) is 72.0 Å². The first kappa shape index (κ1) is 5.01. The molecule has 1 heterocycles. The summed E-state index contributed by atoms with van der Waals surface area (Å²) in [5.41, 5.74) is 0.0193. The Labute approximate surface area is 137 Å². The van der Waals surface area contributed by atoms with Crippen molar-refractivity contribution in [1.82, 2.24) is 0 Å². The van der Waals surface area contributed by atoms with E-state index < -0.39 is 42.3 Å². The molecule has 0 aliphatic carbocycles. The number of rotatable bonds is 1. The maximum atomic E-state index is 8.59. The Morgan fingerprint density at radius 3 is 2.45 bits per heavy atom. The van der Waals surface area contributed by atoms with Crippen LogP contribution in [0.1, 0.15) is 20.6 Å². The normalized spacial score (nSPS) is 18.9. The van der Waals surface area contributed by atoms with E-state index in [0.29, 0.717) is 0 Å². The summed E-state index contributed by atoms with van der Waals surface area (Å²) in [5, 5.41) is 0.315. The molecule has 1 aromatic heterocycles. The van der Waals surface area contributed by atoms with Gasteiger partial charge in [0.2, 0.25) is 0 Å². The van der Waals surface area contributed by atoms with Crippen LogP contribution in [0.25, 0.3) is 31.3 Å². The molecule has 0 amide bonds. The molecule has 0 N–H and O–H groups in total. The number of benzene rings is 3. The van der Waals surface area contributed by atoms with Crippen molar-refractivity contribution in [3.63, 3.8) is 0 Å². The Bertz CT molecular complexity index is 1420. The Kier molecular flexibility index (Phi) is 1.12. The summed E-state index contributed by atoms with van der Waals surface area (Å²) in [6, 6.07) is -4.41. The van der Waals surface area contributed by atoms with Crippen LogP contribution in [0.5, 0.6) is 0 Å². The predicted octanol–water partition coefficient (Wildman–Crippen LogP) is 6.03. The molecule has 4 rings (SSSR count). The molecular formula is C19H14S. The number of fused-ring (bicyclic) bond motifs is 3. The average Bonchev–Trinajstić information content (AvgIpc) is 3.14. The fraction of sp³-hybridized carbons (Fsp3) is 0.0526. The first-order chi connectivity index (χ1) is 14.4. The maximum absolute atomic E-state index is 8.59. The summed E-state index contributed by atoms with van der Waals surface area (Å²) in [5.74, 6) is 0. The first-order valence-electron chi connectivity index (χ1n) is 11.4. The minimum Gasteiger partial charge on any atom is -0.135 e. The zero-order chi connectivity index (χ0) is 23.1. The van der Waals surface area contributed by atoms with E-state index in [2.05, 4.69) is 0 Å². The Balaban J connectivity index is 2.36. The highest BCUT2D eigenvalue weighted by Crippen LogP contribution is 2.40. The fourth-order valence-electron chi connectivity index (χ4n) is 2.13. The van der Waals surface area contributed by atoms with E-state index in [-0.39, 0.29) is 61.0 Å². The lowest BCUT2D eigenvalue weighted by Gasteiger charge is -2.05. The van der Waals surface area contributed by atoms with Crippen LogP contribution in [0.2, 0.25) is 0 Å². The van der Waals surface area contributed by atoms with Gasteiger partial charge in [-0.05, 0) is 41.7 Å². The molecule has 0 saturated carbocycles. The lowest BCUT2D eigenvalue weighted by Crippen LogP contribution is -1.80. The van der Waals surface area contributed by atoms with Gasteiger partial charge in [-0.25, -0.2) is 0 Å². The van der Waals surface area contributed by atoms with Gasteiger partial charge in [0.1, 0.15) is 0 Å². The highest BCUT2D eigenvalue weighted by molar-refractivity contribution is 7.26. The molecule has 0 fully saturated rings. The second-order valence-corrected chi connectivity index (χ2v) is 5.28. The molecule has 0 saturated heterocycles. The quantitative estimate of drug-likeness (QED) is 0.400. The molecule has 0 bridgehead atoms. The largest absolute Gasteiger partial charge is 0.135 e. The highest BCUT2D eigenvalue weighted by atomic mass is 32.1. The van der Waals surface area contributed by atoms with E-state index in [4.69, 9.17) is 15.1 Å². The molecule has 0 aliphatic rings. The van der Waals surface area contributed by atoms with Gasteiger partial charge in [0, 0.05) is 20.2 Å². The first-order valence-corrected chi connectivity index (χ1v) is 6.72. The molecule has 0 radical (unpaired) electrons. The third kappa shape index (κ3) is 1.75. The lowest BCUT2D eigenvalue weighted by molar-refractivity contribution is 1.51. The minimum absolute atomic E-state index is 0.0264. The van der Waals surface area contributed by atoms with Crippen LogP contribution in [-0.4, -0.2) is 0 Å². The van der Waals surface area contributed by atoms with Crippen LogP contribution in [0.4, 0.5) is 0 Å². The van der Waals surface area contributed by atoms with Crippen molar-refractivity contribution in [3.8, 4) is 11.1 Å². The second kappa shape index (κ2) is 4.46. The standard InChI is InChI=1S/C19H14S/c1-13-11-16(14-7-3-2-4-8-14)19-17(12-13)15-9-5-6-10-18(15)20-19/h2-12H,1H3/i2D,3D,4D,5D,6D,7D,8D,9D,10D,11D,12D. The summed E-state index contributed by atoms with van der Waals surface area (Å²) in [6.45, 7) is 1.50. The van der Waals surface area contributed by atoms with Gasteiger partial charge in [-0.15, -0.1) is 11.3 Å². The van der Waals surface area contributed by atoms with Gasteiger partial charge >= 0.3 is 0 Å². The summed E-state index contributed by atoms with van der Waals surface area (Å²) >= 11 is 0.930. The van der Waals surface area contributed by atoms with Gasteiger partial charge in [-0.2, -0.15) is 0 Å². The molecule has 3 aromatic carbocycles. The smallest absolute Gasteiger partial charge is 0.0638 e. The van der Waals surface area contributed by atoms with Gasteiger partial charge in [0.25, 0.3) is 0 Å². The van der Waals surface area contributed by atoms with Crippen LogP contribution < -0.4 is 0 Å². The van der Waals surface area contributed by atoms with Gasteiger partial charge in [-0.1, -0.05) is 48.3 Å². The van der Waals surface area contributed by atoms with Crippen molar-refractivity contribution in [2.24, 2.45) is 0 Å². The lowest BCUT2D eigenvalue weighted by atomic mass is 10.0. The van der Waals surface area contributed by atoms with Crippen LogP contribution in [0, 0.1) is 6.92 Å². The Hall–Kier alpha value is -2.12. The van der Waals surface area contributed by atoms with Crippen LogP contribution in [-0.2, 0) is 0 Å². The molecule has 4 aromatic rings. The number of hydrogen-bond donors (Lipinski definition) is 0. The Morgan fingerprint density at radius 1 is 0.850 bits per heavy atom. The van der Waals surface area contributed by atoms with Crippen molar-refractivity contribution in [1.29, 1.82) is 0 Å². The fourth-order valence-corrected chi connectivity index (χ4v) is 3.20. The van der Waals surface area contributed by atoms with Gasteiger partial charge in [0.05, 0.1) is 15.1 Å². The molecule has 0 nitrogen and oxygen atoms in total. The molecular weight excluding hydrogens is 260 g/mol. The average molecular weight is 285 g/mol. The molecule has 0 spiro atoms. The minimum atomic E-state index is -0.564. The third-order valence-electron chi connectivity index (χ3n) is 2.94. The molecule has 0 atom stereocenters. The van der Waals surface area contributed by atoms with E-state index in [1.54, 1.807) is 0 Å². The monoisotopic (exact) mass is 285 g/mol. The zero-order valence-electron chi connectivity index (χ0n) is 21.4. The second-order valence-electron chi connectivity index (χ2n) is 4.26. The van der Waals surface area contributed by atoms with Gasteiger partial charge < -0.3 is 0 Å². The highest BCUT2D eigenvalue weighted by Gasteiger charge is 2.10. The summed E-state index contributed by atoms with van der Waals surface area (Å²) in [4.78, 5) is 0. The maximum Gasteiger partial charge on any atom is 0.0638 e. The molecule has 0 unspecified atom stereocenters. The predicted molar refractivity (Wildman–Crippen MR) is 89.5 cm³/mol. The molecule has 0 aliphatic heterocycles. The molecule has 1 heteroatoms. The summed E-state index contributed by atoms with van der Waals surface area (Å²) < 4.78 is 90.5. The molecule has 20 heavy (non-hydrogen) atoms. The van der Waals surface area contributed by atoms with Crippen molar-refractivity contribution >= 4 is 31.5 Å². The summed E-state index contributed by atoms with van der Waals surface area (Å²) in [6.07, 6.45) is 0. The van der Waals surface area contributed by atoms with E-state index in [1.807, 2.05) is 0 Å². The van der Waals surface area contributed by atoms with Crippen molar-refractivity contribution < 1.29 is 15.1 Å². The van der Waals surface area contributed by atoms with Crippen LogP contribution >= 0.6 is 11.3 Å². The van der Waals surface area contributed by atoms with E-state index in [0.717, 1.165) is 11.3 Å². The number of hydrogen-bond acceptors (Lipinski definition) is 1. The van der Waals surface area contributed by atoms with Crippen molar-refractivity contribution in [2.75, 3.05) is 0 Å². The van der Waals surface area contributed by atoms with Crippen LogP contribution in [0.15, 0.2) is 66.5 Å². The zero-order valence-corrected chi connectivity index (χ0v) is 11.2. The molecule has 96 valence electrons. The van der Waals surface area contributed by atoms with Gasteiger partial charge in [-0.3, -0.25) is 0 Å². The topological polar surface area (TPSA) is 0 Å². The van der Waals surface area contributed by atoms with Gasteiger partial charge in [0.15, 0.2) is 0 Å². The van der Waals surface area contributed by atoms with E-state index >= 15 is 0 Å². The Morgan fingerprint density at radius 2 is 1.60 bits per heavy atom. The SMILES string of the molecule is [2H]c1c([2H])c([2H])c(-c2c([2H])c(C)c([2H])c3c2sc2c([2H])c([2H])c([2H])c([2H])c23)c([2H])c1[2H]. The third-order valence-corrected chi connectivity index (χ3v) is 4.06. The van der Waals surface area contributed by atoms with E-state index in [9.17, 15) is 0 Å². The summed E-state index contributed by atoms with van der Waals surface area (Å²) in [7, 11) is 0. The number of thiophene rings is 1. The van der Waals surface area contributed by atoms with Crippen molar-refractivity contribution in [2.45, 2.75) is 6.92 Å². The van der Waals surface area contributed by atoms with E-state index in [1.165, 1.54) is 6.92 Å². The van der Waals surface area contributed by atoms with Crippen LogP contribution in [0.3, 0.4) is 0 Å².